The number of fused-ring (bicyclic) bond motifs is 1. The first-order valence-corrected chi connectivity index (χ1v) is 7.78. The van der Waals surface area contributed by atoms with Crippen molar-refractivity contribution in [2.24, 2.45) is 5.92 Å². The van der Waals surface area contributed by atoms with Crippen molar-refractivity contribution < 1.29 is 14.3 Å². The van der Waals surface area contributed by atoms with E-state index in [1.54, 1.807) is 22.9 Å². The minimum Gasteiger partial charge on any atom is -0.452 e. The number of nitrogens with zero attached hydrogens (tertiary/aromatic N) is 3. The van der Waals surface area contributed by atoms with E-state index in [4.69, 9.17) is 4.74 Å². The second-order valence-electron chi connectivity index (χ2n) is 5.72. The number of carbonyl (C=O) groups is 2. The molecule has 0 fully saturated rings. The normalized spacial score (nSPS) is 11.0. The van der Waals surface area contributed by atoms with Crippen LogP contribution in [0.4, 0.5) is 0 Å². The van der Waals surface area contributed by atoms with Gasteiger partial charge in [-0.15, -0.1) is 5.10 Å². The molecule has 0 atom stereocenters. The van der Waals surface area contributed by atoms with Crippen LogP contribution in [0.1, 0.15) is 37.6 Å². The minimum absolute atomic E-state index is 0.281. The Morgan fingerprint density at radius 1 is 1.35 bits per heavy atom. The summed E-state index contributed by atoms with van der Waals surface area (Å²) in [6.45, 7) is 7.13. The summed E-state index contributed by atoms with van der Waals surface area (Å²) in [5.41, 5.74) is 1.84. The van der Waals surface area contributed by atoms with Crippen LogP contribution in [-0.2, 0) is 16.1 Å². The van der Waals surface area contributed by atoms with Crippen LogP contribution in [0.2, 0.25) is 0 Å². The Morgan fingerprint density at radius 2 is 2.13 bits per heavy atom. The summed E-state index contributed by atoms with van der Waals surface area (Å²) in [5, 5.41) is 10.7. The molecule has 124 valence electrons. The largest absolute Gasteiger partial charge is 0.452 e. The average Bonchev–Trinajstić information content (AvgIpc) is 2.94. The maximum Gasteiger partial charge on any atom is 0.338 e. The molecule has 0 spiro atoms. The lowest BCUT2D eigenvalue weighted by Gasteiger charge is -2.08. The molecule has 1 amide bonds. The van der Waals surface area contributed by atoms with Gasteiger partial charge < -0.3 is 10.1 Å². The number of nitrogens with one attached hydrogen (secondary N) is 1. The Morgan fingerprint density at radius 3 is 2.83 bits per heavy atom. The van der Waals surface area contributed by atoms with Crippen molar-refractivity contribution in [3.63, 3.8) is 0 Å². The zero-order chi connectivity index (χ0) is 16.8. The molecule has 0 saturated heterocycles. The van der Waals surface area contributed by atoms with Gasteiger partial charge in [0, 0.05) is 13.1 Å². The Bertz CT molecular complexity index is 694. The van der Waals surface area contributed by atoms with Gasteiger partial charge in [-0.2, -0.15) is 0 Å². The first-order chi connectivity index (χ1) is 11.0. The monoisotopic (exact) mass is 318 g/mol. The standard InChI is InChI=1S/C16H22N4O3/c1-4-20-14-6-5-12(9-13(14)18-19-20)16(22)23-10-15(21)17-8-7-11(2)3/h5-6,9,11H,4,7-8,10H2,1-3H3,(H,17,21). The van der Waals surface area contributed by atoms with Crippen molar-refractivity contribution in [3.05, 3.63) is 23.8 Å². The number of ether oxygens (including phenoxy) is 1. The first-order valence-electron chi connectivity index (χ1n) is 7.78. The Labute approximate surface area is 135 Å². The number of benzene rings is 1. The van der Waals surface area contributed by atoms with E-state index < -0.39 is 5.97 Å². The molecule has 0 bridgehead atoms. The van der Waals surface area contributed by atoms with E-state index in [9.17, 15) is 9.59 Å². The average molecular weight is 318 g/mol. The molecular weight excluding hydrogens is 296 g/mol. The zero-order valence-corrected chi connectivity index (χ0v) is 13.7. The molecule has 2 rings (SSSR count). The number of hydrogen-bond donors (Lipinski definition) is 1. The molecule has 1 heterocycles. The summed E-state index contributed by atoms with van der Waals surface area (Å²) >= 11 is 0. The zero-order valence-electron chi connectivity index (χ0n) is 13.7. The van der Waals surface area contributed by atoms with Crippen molar-refractivity contribution in [2.45, 2.75) is 33.7 Å². The third-order valence-corrected chi connectivity index (χ3v) is 3.43. The van der Waals surface area contributed by atoms with Crippen LogP contribution in [0.15, 0.2) is 18.2 Å². The van der Waals surface area contributed by atoms with Gasteiger partial charge in [-0.25, -0.2) is 9.48 Å². The fourth-order valence-electron chi connectivity index (χ4n) is 2.10. The first kappa shape index (κ1) is 16.9. The van der Waals surface area contributed by atoms with Crippen LogP contribution < -0.4 is 5.32 Å². The van der Waals surface area contributed by atoms with Crippen LogP contribution in [0, 0.1) is 5.92 Å². The second kappa shape index (κ2) is 7.71. The van der Waals surface area contributed by atoms with Crippen LogP contribution in [0.25, 0.3) is 11.0 Å². The molecule has 7 heteroatoms. The molecular formula is C16H22N4O3. The van der Waals surface area contributed by atoms with E-state index in [-0.39, 0.29) is 12.5 Å². The molecule has 0 aliphatic rings. The lowest BCUT2D eigenvalue weighted by molar-refractivity contribution is -0.124. The van der Waals surface area contributed by atoms with Gasteiger partial charge in [-0.3, -0.25) is 4.79 Å². The summed E-state index contributed by atoms with van der Waals surface area (Å²) in [6, 6.07) is 5.04. The highest BCUT2D eigenvalue weighted by Gasteiger charge is 2.12. The van der Waals surface area contributed by atoms with E-state index in [0.717, 1.165) is 11.9 Å². The third kappa shape index (κ3) is 4.51. The van der Waals surface area contributed by atoms with E-state index in [2.05, 4.69) is 29.5 Å². The third-order valence-electron chi connectivity index (χ3n) is 3.43. The quantitative estimate of drug-likeness (QED) is 0.786. The number of hydrogen-bond acceptors (Lipinski definition) is 5. The summed E-state index contributed by atoms with van der Waals surface area (Å²) in [7, 11) is 0. The Kier molecular flexibility index (Phi) is 5.67. The SMILES string of the molecule is CCn1nnc2cc(C(=O)OCC(=O)NCCC(C)C)ccc21. The molecule has 1 aromatic carbocycles. The number of aryl methyl sites for hydroxylation is 1. The molecule has 2 aromatic rings. The minimum atomic E-state index is -0.544. The maximum atomic E-state index is 12.0. The van der Waals surface area contributed by atoms with Gasteiger partial charge in [-0.1, -0.05) is 19.1 Å². The molecule has 0 aliphatic carbocycles. The van der Waals surface area contributed by atoms with Crippen molar-refractivity contribution in [2.75, 3.05) is 13.2 Å². The molecule has 0 radical (unpaired) electrons. The van der Waals surface area contributed by atoms with Crippen molar-refractivity contribution in [3.8, 4) is 0 Å². The second-order valence-corrected chi connectivity index (χ2v) is 5.72. The van der Waals surface area contributed by atoms with Gasteiger partial charge in [0.1, 0.15) is 5.52 Å². The maximum absolute atomic E-state index is 12.0. The van der Waals surface area contributed by atoms with Gasteiger partial charge in [0.15, 0.2) is 6.61 Å². The summed E-state index contributed by atoms with van der Waals surface area (Å²) < 4.78 is 6.77. The molecule has 0 unspecified atom stereocenters. The highest BCUT2D eigenvalue weighted by atomic mass is 16.5. The molecule has 1 aromatic heterocycles. The topological polar surface area (TPSA) is 86.1 Å². The Hall–Kier alpha value is -2.44. The van der Waals surface area contributed by atoms with E-state index >= 15 is 0 Å². The lowest BCUT2D eigenvalue weighted by atomic mass is 10.1. The molecule has 7 nitrogen and oxygen atoms in total. The van der Waals surface area contributed by atoms with Gasteiger partial charge in [-0.05, 0) is 37.5 Å². The number of aromatic nitrogens is 3. The fraction of sp³-hybridized carbons (Fsp3) is 0.500. The van der Waals surface area contributed by atoms with Crippen LogP contribution in [0.3, 0.4) is 0 Å². The van der Waals surface area contributed by atoms with Gasteiger partial charge >= 0.3 is 5.97 Å². The van der Waals surface area contributed by atoms with Gasteiger partial charge in [0.2, 0.25) is 0 Å². The number of amides is 1. The summed E-state index contributed by atoms with van der Waals surface area (Å²) in [5.74, 6) is -0.324. The van der Waals surface area contributed by atoms with Crippen LogP contribution in [-0.4, -0.2) is 40.0 Å². The predicted molar refractivity (Wildman–Crippen MR) is 85.9 cm³/mol. The van der Waals surface area contributed by atoms with Crippen molar-refractivity contribution in [1.29, 1.82) is 0 Å². The smallest absolute Gasteiger partial charge is 0.338 e. The summed E-state index contributed by atoms with van der Waals surface area (Å²) in [4.78, 5) is 23.6. The van der Waals surface area contributed by atoms with Crippen molar-refractivity contribution in [1.82, 2.24) is 20.3 Å². The van der Waals surface area contributed by atoms with E-state index in [1.165, 1.54) is 0 Å². The highest BCUT2D eigenvalue weighted by Crippen LogP contribution is 2.14. The van der Waals surface area contributed by atoms with Gasteiger partial charge in [0.05, 0.1) is 11.1 Å². The summed E-state index contributed by atoms with van der Waals surface area (Å²) in [6.07, 6.45) is 0.892. The van der Waals surface area contributed by atoms with E-state index in [0.29, 0.717) is 30.1 Å². The number of carbonyl (C=O) groups excluding carboxylic acids is 2. The van der Waals surface area contributed by atoms with E-state index in [1.807, 2.05) is 6.92 Å². The Balaban J connectivity index is 1.89. The molecule has 0 aliphatic heterocycles. The molecule has 23 heavy (non-hydrogen) atoms. The number of esters is 1. The van der Waals surface area contributed by atoms with Crippen molar-refractivity contribution >= 4 is 22.9 Å². The lowest BCUT2D eigenvalue weighted by Crippen LogP contribution is -2.30. The fourth-order valence-corrected chi connectivity index (χ4v) is 2.10. The van der Waals surface area contributed by atoms with Crippen LogP contribution in [0.5, 0.6) is 0 Å². The molecule has 1 N–H and O–H groups in total. The molecule has 0 saturated carbocycles. The highest BCUT2D eigenvalue weighted by molar-refractivity contribution is 5.94. The predicted octanol–water partition coefficient (Wildman–Crippen LogP) is 1.77. The van der Waals surface area contributed by atoms with Crippen LogP contribution >= 0.6 is 0 Å². The number of rotatable bonds is 7. The van der Waals surface area contributed by atoms with Gasteiger partial charge in [0.25, 0.3) is 5.91 Å².